The number of nitrogens with zero attached hydrogens (tertiary/aromatic N) is 1. The molecule has 0 aliphatic carbocycles. The molecule has 7 nitrogen and oxygen atoms in total. The summed E-state index contributed by atoms with van der Waals surface area (Å²) in [5.74, 6) is -2.98. The van der Waals surface area contributed by atoms with Gasteiger partial charge in [0.1, 0.15) is 0 Å². The van der Waals surface area contributed by atoms with Crippen molar-refractivity contribution in [1.82, 2.24) is 4.90 Å². The third-order valence-corrected chi connectivity index (χ3v) is 3.70. The average Bonchev–Trinajstić information content (AvgIpc) is 2.54. The Kier molecular flexibility index (Phi) is 5.46. The molecule has 1 aromatic rings. The quantitative estimate of drug-likeness (QED) is 0.500. The number of esters is 2. The molecule has 1 aliphatic heterocycles. The van der Waals surface area contributed by atoms with E-state index in [9.17, 15) is 14.4 Å². The summed E-state index contributed by atoms with van der Waals surface area (Å²) < 4.78 is 10.1. The number of benzene rings is 1. The van der Waals surface area contributed by atoms with Gasteiger partial charge in [0, 0.05) is 33.1 Å². The molecule has 1 aliphatic rings. The van der Waals surface area contributed by atoms with Crippen LogP contribution in [0.5, 0.6) is 0 Å². The van der Waals surface area contributed by atoms with Gasteiger partial charge in [-0.25, -0.2) is 9.59 Å². The maximum absolute atomic E-state index is 12.6. The predicted molar refractivity (Wildman–Crippen MR) is 91.7 cm³/mol. The van der Waals surface area contributed by atoms with E-state index in [1.807, 2.05) is 13.8 Å². The first-order valence-corrected chi connectivity index (χ1v) is 8.10. The van der Waals surface area contributed by atoms with Crippen LogP contribution in [-0.4, -0.2) is 41.6 Å². The number of ether oxygens (including phenoxy) is 2. The van der Waals surface area contributed by atoms with Crippen LogP contribution in [0.3, 0.4) is 0 Å². The predicted octanol–water partition coefficient (Wildman–Crippen LogP) is 2.30. The van der Waals surface area contributed by atoms with Crippen molar-refractivity contribution in [2.24, 2.45) is 0 Å². The second-order valence-corrected chi connectivity index (χ2v) is 5.90. The first kappa shape index (κ1) is 18.5. The van der Waals surface area contributed by atoms with Crippen LogP contribution in [0.2, 0.25) is 0 Å². The van der Waals surface area contributed by atoms with Crippen molar-refractivity contribution in [3.05, 3.63) is 41.6 Å². The van der Waals surface area contributed by atoms with E-state index in [-0.39, 0.29) is 11.5 Å². The van der Waals surface area contributed by atoms with Gasteiger partial charge >= 0.3 is 11.9 Å². The minimum Gasteiger partial charge on any atom is -0.419 e. The normalized spacial score (nSPS) is 15.9. The maximum atomic E-state index is 12.6. The van der Waals surface area contributed by atoms with Gasteiger partial charge in [-0.15, -0.1) is 0 Å². The van der Waals surface area contributed by atoms with Gasteiger partial charge in [0.15, 0.2) is 5.57 Å². The van der Waals surface area contributed by atoms with Crippen molar-refractivity contribution < 1.29 is 23.9 Å². The van der Waals surface area contributed by atoms with Crippen molar-refractivity contribution in [1.29, 1.82) is 0 Å². The molecule has 1 amide bonds. The number of hydrogen-bond acceptors (Lipinski definition) is 6. The molecule has 1 N–H and O–H groups in total. The Morgan fingerprint density at radius 1 is 1.12 bits per heavy atom. The summed E-state index contributed by atoms with van der Waals surface area (Å²) in [7, 11) is 0. The zero-order valence-corrected chi connectivity index (χ0v) is 14.8. The molecule has 0 saturated carbocycles. The van der Waals surface area contributed by atoms with Crippen LogP contribution in [0.4, 0.5) is 5.69 Å². The molecule has 0 radical (unpaired) electrons. The lowest BCUT2D eigenvalue weighted by molar-refractivity contribution is -0.222. The number of anilines is 1. The minimum absolute atomic E-state index is 0.138. The maximum Gasteiger partial charge on any atom is 0.350 e. The molecule has 1 fully saturated rings. The van der Waals surface area contributed by atoms with Gasteiger partial charge in [-0.1, -0.05) is 12.1 Å². The molecule has 2 rings (SSSR count). The van der Waals surface area contributed by atoms with Crippen molar-refractivity contribution in [3.8, 4) is 0 Å². The van der Waals surface area contributed by atoms with E-state index in [4.69, 9.17) is 9.47 Å². The van der Waals surface area contributed by atoms with E-state index in [2.05, 4.69) is 5.32 Å². The average molecular weight is 346 g/mol. The van der Waals surface area contributed by atoms with E-state index in [1.54, 1.807) is 29.2 Å². The minimum atomic E-state index is -1.29. The number of para-hydroxylation sites is 1. The zero-order valence-electron chi connectivity index (χ0n) is 14.8. The number of hydrogen-bond donors (Lipinski definition) is 1. The summed E-state index contributed by atoms with van der Waals surface area (Å²) in [5, 5.41) is 2.84. The van der Waals surface area contributed by atoms with E-state index < -0.39 is 17.7 Å². The van der Waals surface area contributed by atoms with E-state index in [1.165, 1.54) is 20.0 Å². The molecular formula is C18H22N2O5. The molecule has 134 valence electrons. The number of carbonyl (C=O) groups excluding carboxylic acids is 3. The fourth-order valence-electron chi connectivity index (χ4n) is 2.41. The third-order valence-electron chi connectivity index (χ3n) is 3.70. The van der Waals surface area contributed by atoms with Gasteiger partial charge in [-0.3, -0.25) is 4.79 Å². The molecule has 25 heavy (non-hydrogen) atoms. The van der Waals surface area contributed by atoms with Crippen LogP contribution >= 0.6 is 0 Å². The zero-order chi connectivity index (χ0) is 18.6. The van der Waals surface area contributed by atoms with Crippen LogP contribution < -0.4 is 5.32 Å². The standard InChI is InChI=1S/C18H22N2O5/c1-5-20(6-2)15(21)12-9-7-8-10-14(12)19-11-13-16(22)24-18(3,4)25-17(13)23/h7-11,19H,5-6H2,1-4H3. The fraction of sp³-hybridized carbons (Fsp3) is 0.389. The van der Waals surface area contributed by atoms with Gasteiger partial charge < -0.3 is 19.7 Å². The second-order valence-electron chi connectivity index (χ2n) is 5.90. The second kappa shape index (κ2) is 7.38. The molecule has 0 aromatic heterocycles. The molecular weight excluding hydrogens is 324 g/mol. The van der Waals surface area contributed by atoms with Crippen molar-refractivity contribution in [3.63, 3.8) is 0 Å². The highest BCUT2D eigenvalue weighted by atomic mass is 16.7. The van der Waals surface area contributed by atoms with Gasteiger partial charge in [0.25, 0.3) is 11.7 Å². The van der Waals surface area contributed by atoms with Crippen LogP contribution in [0.15, 0.2) is 36.0 Å². The first-order chi connectivity index (χ1) is 11.8. The largest absolute Gasteiger partial charge is 0.419 e. The van der Waals surface area contributed by atoms with E-state index in [0.717, 1.165) is 0 Å². The van der Waals surface area contributed by atoms with Gasteiger partial charge in [-0.2, -0.15) is 0 Å². The lowest BCUT2D eigenvalue weighted by Gasteiger charge is -2.29. The molecule has 0 spiro atoms. The van der Waals surface area contributed by atoms with E-state index in [0.29, 0.717) is 24.3 Å². The third kappa shape index (κ3) is 4.17. The van der Waals surface area contributed by atoms with E-state index >= 15 is 0 Å². The van der Waals surface area contributed by atoms with Crippen LogP contribution in [0.1, 0.15) is 38.1 Å². The Morgan fingerprint density at radius 3 is 2.24 bits per heavy atom. The highest BCUT2D eigenvalue weighted by Crippen LogP contribution is 2.23. The Balaban J connectivity index is 2.26. The summed E-state index contributed by atoms with van der Waals surface area (Å²) in [6.45, 7) is 7.91. The van der Waals surface area contributed by atoms with Gasteiger partial charge in [-0.05, 0) is 26.0 Å². The summed E-state index contributed by atoms with van der Waals surface area (Å²) >= 11 is 0. The Hall–Kier alpha value is -2.83. The summed E-state index contributed by atoms with van der Waals surface area (Å²) in [6, 6.07) is 6.88. The van der Waals surface area contributed by atoms with Crippen molar-refractivity contribution in [2.45, 2.75) is 33.5 Å². The summed E-state index contributed by atoms with van der Waals surface area (Å²) in [5.41, 5.74) is 0.669. The number of carbonyl (C=O) groups is 3. The molecule has 7 heteroatoms. The molecule has 1 aromatic carbocycles. The van der Waals surface area contributed by atoms with Crippen molar-refractivity contribution >= 4 is 23.5 Å². The lowest BCUT2D eigenvalue weighted by atomic mass is 10.1. The Labute approximate surface area is 146 Å². The van der Waals surface area contributed by atoms with Crippen LogP contribution in [-0.2, 0) is 19.1 Å². The lowest BCUT2D eigenvalue weighted by Crippen LogP contribution is -2.42. The number of rotatable bonds is 5. The summed E-state index contributed by atoms with van der Waals surface area (Å²) in [6.07, 6.45) is 1.20. The Morgan fingerprint density at radius 2 is 1.68 bits per heavy atom. The fourth-order valence-corrected chi connectivity index (χ4v) is 2.41. The van der Waals surface area contributed by atoms with Crippen LogP contribution in [0, 0.1) is 0 Å². The highest BCUT2D eigenvalue weighted by molar-refractivity contribution is 6.15. The summed E-state index contributed by atoms with van der Waals surface area (Å²) in [4.78, 5) is 38.2. The molecule has 0 bridgehead atoms. The Bertz CT molecular complexity index is 698. The monoisotopic (exact) mass is 346 g/mol. The first-order valence-electron chi connectivity index (χ1n) is 8.10. The SMILES string of the molecule is CCN(CC)C(=O)c1ccccc1NC=C1C(=O)OC(C)(C)OC1=O. The van der Waals surface area contributed by atoms with Crippen LogP contribution in [0.25, 0.3) is 0 Å². The molecule has 1 saturated heterocycles. The number of nitrogens with one attached hydrogen (secondary N) is 1. The molecule has 0 unspecified atom stereocenters. The van der Waals surface area contributed by atoms with Crippen molar-refractivity contribution in [2.75, 3.05) is 18.4 Å². The number of amides is 1. The van der Waals surface area contributed by atoms with Gasteiger partial charge in [0.05, 0.1) is 11.3 Å². The topological polar surface area (TPSA) is 84.9 Å². The van der Waals surface area contributed by atoms with Gasteiger partial charge in [0.2, 0.25) is 0 Å². The number of cyclic esters (lactones) is 2. The molecule has 1 heterocycles. The highest BCUT2D eigenvalue weighted by Gasteiger charge is 2.39. The molecule has 0 atom stereocenters. The smallest absolute Gasteiger partial charge is 0.350 e.